The van der Waals surface area contributed by atoms with Crippen molar-refractivity contribution in [2.75, 3.05) is 65.2 Å². The lowest BCUT2D eigenvalue weighted by molar-refractivity contribution is -0.147. The number of nitrogens with zero attached hydrogens (tertiary/aromatic N) is 3. The predicted molar refractivity (Wildman–Crippen MR) is 359 cm³/mol. The Balaban J connectivity index is 0.000000175. The summed E-state index contributed by atoms with van der Waals surface area (Å²) in [6.07, 6.45) is 5.16. The molecule has 0 bridgehead atoms. The van der Waals surface area contributed by atoms with Crippen LogP contribution in [0.25, 0.3) is 32.7 Å². The lowest BCUT2D eigenvalue weighted by atomic mass is 10.1. The molecule has 3 aromatic heterocycles. The molecule has 24 nitrogen and oxygen atoms in total. The number of hydrogen-bond acceptors (Lipinski definition) is 18. The van der Waals surface area contributed by atoms with Crippen molar-refractivity contribution >= 4 is 85.3 Å². The molecular formula is C72H61F3N8O16. The van der Waals surface area contributed by atoms with Crippen LogP contribution in [-0.2, 0) is 41.7 Å². The van der Waals surface area contributed by atoms with E-state index in [0.717, 1.165) is 29.3 Å². The zero-order chi connectivity index (χ0) is 70.5. The van der Waals surface area contributed by atoms with Gasteiger partial charge in [0, 0.05) is 101 Å². The van der Waals surface area contributed by atoms with Crippen molar-refractivity contribution in [3.8, 4) is 69.0 Å². The Morgan fingerprint density at radius 3 is 1.01 bits per heavy atom. The molecule has 0 atom stereocenters. The summed E-state index contributed by atoms with van der Waals surface area (Å²) in [5.41, 5.74) is 3.81. The number of pyridine rings is 3. The van der Waals surface area contributed by atoms with Gasteiger partial charge in [0.15, 0.2) is 69.2 Å². The minimum atomic E-state index is -1.67. The summed E-state index contributed by atoms with van der Waals surface area (Å²) >= 11 is 0. The first-order valence-electron chi connectivity index (χ1n) is 29.6. The topological polar surface area (TPSA) is 305 Å². The van der Waals surface area contributed by atoms with E-state index >= 15 is 0 Å². The van der Waals surface area contributed by atoms with E-state index in [2.05, 4.69) is 41.5 Å². The highest BCUT2D eigenvalue weighted by Gasteiger charge is 2.21. The fourth-order valence-electron chi connectivity index (χ4n) is 9.41. The average Bonchev–Trinajstić information content (AvgIpc) is 0.807. The van der Waals surface area contributed by atoms with Crippen LogP contribution >= 0.6 is 0 Å². The van der Waals surface area contributed by atoms with Crippen molar-refractivity contribution in [3.63, 3.8) is 0 Å². The fourth-order valence-corrected chi connectivity index (χ4v) is 9.41. The van der Waals surface area contributed by atoms with Gasteiger partial charge in [-0.1, -0.05) is 60.7 Å². The largest absolute Gasteiger partial charge is 0.493 e. The third-order valence-corrected chi connectivity index (χ3v) is 14.3. The molecule has 11 rings (SSSR count). The van der Waals surface area contributed by atoms with Gasteiger partial charge in [0.25, 0.3) is 0 Å². The number of hydrogen-bond donors (Lipinski definition) is 6. The van der Waals surface area contributed by atoms with Crippen molar-refractivity contribution in [2.24, 2.45) is 0 Å². The van der Waals surface area contributed by atoms with Crippen molar-refractivity contribution in [2.45, 2.75) is 13.0 Å². The second kappa shape index (κ2) is 33.3. The van der Waals surface area contributed by atoms with E-state index in [4.69, 9.17) is 47.7 Å². The van der Waals surface area contributed by atoms with Crippen LogP contribution in [0.4, 0.5) is 30.2 Å². The van der Waals surface area contributed by atoms with Gasteiger partial charge < -0.3 is 74.3 Å². The van der Waals surface area contributed by atoms with E-state index in [1.807, 2.05) is 60.7 Å². The number of methoxy groups -OCH3 is 6. The number of rotatable bonds is 20. The van der Waals surface area contributed by atoms with E-state index < -0.39 is 53.0 Å². The quantitative estimate of drug-likeness (QED) is 0.0386. The molecule has 5 amide bonds. The molecule has 0 aliphatic carbocycles. The minimum absolute atomic E-state index is 0.0109. The second-order valence-corrected chi connectivity index (χ2v) is 20.7. The third kappa shape index (κ3) is 18.2. The summed E-state index contributed by atoms with van der Waals surface area (Å²) in [4.78, 5) is 83.1. The van der Waals surface area contributed by atoms with E-state index in [9.17, 15) is 41.9 Å². The number of ether oxygens (including phenoxy) is 9. The Kier molecular flexibility index (Phi) is 23.6. The molecule has 506 valence electrons. The predicted octanol–water partition coefficient (Wildman–Crippen LogP) is 12.1. The summed E-state index contributed by atoms with van der Waals surface area (Å²) in [5.74, 6) is -4.92. The molecule has 3 heterocycles. The highest BCUT2D eigenvalue weighted by Crippen LogP contribution is 2.41. The molecule has 0 fully saturated rings. The van der Waals surface area contributed by atoms with Crippen LogP contribution in [0.3, 0.4) is 0 Å². The van der Waals surface area contributed by atoms with E-state index in [1.165, 1.54) is 97.6 Å². The van der Waals surface area contributed by atoms with Crippen LogP contribution in [0.5, 0.6) is 69.0 Å². The van der Waals surface area contributed by atoms with Crippen molar-refractivity contribution < 1.29 is 89.7 Å². The number of fused-ring (bicyclic) bond motifs is 3. The number of benzene rings is 8. The Bertz CT molecular complexity index is 4790. The number of nitrogens with one attached hydrogen (secondary N) is 5. The van der Waals surface area contributed by atoms with Gasteiger partial charge in [-0.2, -0.15) is 0 Å². The standard InChI is InChI=1S/C27H24FN3O5.C26H22FN3O5.C19H15FN2O6/c1-34-24-15-19-21(16-25(24)35-2)29-13-11-22(19)36-23-9-8-18(14-20(23)28)31-27(33)26(32)30-12-10-17-6-4-3-5-7-17;1-33-23-13-18-20(14-24(23)34-2)28-11-10-21(18)35-22-9-8-17(12-19(22)27)30-26(32)25(31)29-15-16-6-4-3-5-7-16;1-26-16-8-11-13(9-17(16)27-2)21-6-5-14(11)28-15-4-3-10(7-12(15)20)22-18(23)19(24)25/h3-9,11,13-16H,10,12H2,1-2H3,(H,30,32)(H,31,33);3-14H,15H2,1-2H3,(H,29,31)(H,30,32);3-9H,1-2H3,(H,22,23)(H,24,25). The normalized spacial score (nSPS) is 10.5. The average molecular weight is 1350 g/mol. The van der Waals surface area contributed by atoms with Crippen molar-refractivity contribution in [1.82, 2.24) is 25.6 Å². The maximum atomic E-state index is 14.8. The van der Waals surface area contributed by atoms with Gasteiger partial charge in [-0.3, -0.25) is 38.9 Å². The minimum Gasteiger partial charge on any atom is -0.493 e. The third-order valence-electron chi connectivity index (χ3n) is 14.3. The van der Waals surface area contributed by atoms with Gasteiger partial charge in [-0.05, 0) is 90.3 Å². The first-order valence-corrected chi connectivity index (χ1v) is 29.6. The lowest BCUT2D eigenvalue weighted by Gasteiger charge is -2.13. The van der Waals surface area contributed by atoms with Crippen molar-refractivity contribution in [1.29, 1.82) is 0 Å². The molecule has 0 saturated carbocycles. The van der Waals surface area contributed by atoms with Gasteiger partial charge in [-0.25, -0.2) is 18.0 Å². The van der Waals surface area contributed by atoms with Gasteiger partial charge in [0.2, 0.25) is 0 Å². The summed E-state index contributed by atoms with van der Waals surface area (Å²) in [6.45, 7) is 0.499. The second-order valence-electron chi connectivity index (χ2n) is 20.7. The zero-order valence-electron chi connectivity index (χ0n) is 53.6. The lowest BCUT2D eigenvalue weighted by Crippen LogP contribution is -2.36. The number of carbonyl (C=O) groups excluding carboxylic acids is 5. The van der Waals surface area contributed by atoms with E-state index in [0.29, 0.717) is 97.4 Å². The number of carbonyl (C=O) groups is 6. The molecule has 27 heteroatoms. The van der Waals surface area contributed by atoms with Gasteiger partial charge in [0.1, 0.15) is 17.2 Å². The number of anilines is 3. The summed E-state index contributed by atoms with van der Waals surface area (Å²) < 4.78 is 93.0. The van der Waals surface area contributed by atoms with Crippen LogP contribution in [0.2, 0.25) is 0 Å². The Morgan fingerprint density at radius 2 is 0.677 bits per heavy atom. The zero-order valence-corrected chi connectivity index (χ0v) is 53.6. The first-order chi connectivity index (χ1) is 47.9. The Morgan fingerprint density at radius 1 is 0.354 bits per heavy atom. The summed E-state index contributed by atoms with van der Waals surface area (Å²) in [7, 11) is 9.06. The molecular weight excluding hydrogens is 1290 g/mol. The van der Waals surface area contributed by atoms with E-state index in [1.54, 1.807) is 54.6 Å². The molecule has 6 N–H and O–H groups in total. The highest BCUT2D eigenvalue weighted by molar-refractivity contribution is 6.40. The van der Waals surface area contributed by atoms with Crippen LogP contribution in [0.1, 0.15) is 11.1 Å². The number of aliphatic carboxylic acids is 1. The maximum absolute atomic E-state index is 14.8. The Labute approximate surface area is 562 Å². The van der Waals surface area contributed by atoms with E-state index in [-0.39, 0.29) is 40.9 Å². The number of carboxylic acids is 1. The van der Waals surface area contributed by atoms with Crippen LogP contribution < -0.4 is 69.2 Å². The summed E-state index contributed by atoms with van der Waals surface area (Å²) in [5, 5.41) is 22.2. The molecule has 11 aromatic rings. The van der Waals surface area contributed by atoms with Gasteiger partial charge in [0.05, 0.1) is 59.2 Å². The van der Waals surface area contributed by atoms with Gasteiger partial charge >= 0.3 is 35.5 Å². The van der Waals surface area contributed by atoms with Crippen molar-refractivity contribution in [3.05, 3.63) is 217 Å². The van der Waals surface area contributed by atoms with Gasteiger partial charge in [-0.15, -0.1) is 0 Å². The number of carboxylic acid groups (broad SMARTS) is 1. The molecule has 8 aromatic carbocycles. The molecule has 0 saturated heterocycles. The highest BCUT2D eigenvalue weighted by atomic mass is 19.1. The molecule has 0 radical (unpaired) electrons. The molecule has 0 aliphatic rings. The fraction of sp³-hybridized carbons (Fsp3) is 0.125. The summed E-state index contributed by atoms with van der Waals surface area (Å²) in [6, 6.07) is 44.9. The monoisotopic (exact) mass is 1350 g/mol. The number of aromatic nitrogens is 3. The Hall–Kier alpha value is -13.2. The number of halogens is 3. The SMILES string of the molecule is COc1cc2nccc(Oc3ccc(NC(=O)C(=O)NCCc4ccccc4)cc3F)c2cc1OC.COc1cc2nccc(Oc3ccc(NC(=O)C(=O)NCc4ccccc4)cc3F)c2cc1OC.COc1cc2nccc(Oc3ccc(NC(=O)C(=O)O)cc3F)c2cc1OC. The molecule has 0 aliphatic heterocycles. The van der Waals surface area contributed by atoms with Crippen LogP contribution in [0.15, 0.2) is 188 Å². The molecule has 0 spiro atoms. The first kappa shape index (κ1) is 70.1. The molecule has 99 heavy (non-hydrogen) atoms. The van der Waals surface area contributed by atoms with Crippen LogP contribution in [0, 0.1) is 17.5 Å². The van der Waals surface area contributed by atoms with Crippen LogP contribution in [-0.4, -0.2) is 105 Å². The number of amides is 5. The molecule has 0 unspecified atom stereocenters. The smallest absolute Gasteiger partial charge is 0.394 e. The maximum Gasteiger partial charge on any atom is 0.394 e.